The van der Waals surface area contributed by atoms with Crippen LogP contribution in [0.25, 0.3) is 0 Å². The van der Waals surface area contributed by atoms with Crippen molar-refractivity contribution in [3.8, 4) is 0 Å². The number of carbonyl (C=O) groups excluding carboxylic acids is 1. The maximum atomic E-state index is 11.7. The van der Waals surface area contributed by atoms with Crippen molar-refractivity contribution in [2.24, 2.45) is 11.8 Å². The average Bonchev–Trinajstić information content (AvgIpc) is 2.74. The molecule has 0 aromatic rings. The lowest BCUT2D eigenvalue weighted by Gasteiger charge is -2.31. The summed E-state index contributed by atoms with van der Waals surface area (Å²) >= 11 is 0. The third-order valence-electron chi connectivity index (χ3n) is 3.23. The van der Waals surface area contributed by atoms with Crippen molar-refractivity contribution in [3.05, 3.63) is 23.5 Å². The first kappa shape index (κ1) is 12.1. The van der Waals surface area contributed by atoms with E-state index in [1.54, 1.807) is 6.92 Å². The lowest BCUT2D eigenvalue weighted by molar-refractivity contribution is -0.143. The second-order valence-electron chi connectivity index (χ2n) is 4.13. The Bertz CT molecular complexity index is 371. The average molecular weight is 240 g/mol. The maximum absolute atomic E-state index is 11.7. The molecule has 2 N–H and O–H groups in total. The summed E-state index contributed by atoms with van der Waals surface area (Å²) in [7, 11) is 0. The summed E-state index contributed by atoms with van der Waals surface area (Å²) < 4.78 is 9.98. The molecule has 0 radical (unpaired) electrons. The molecule has 3 atom stereocenters. The van der Waals surface area contributed by atoms with Gasteiger partial charge in [0, 0.05) is 5.92 Å². The second-order valence-corrected chi connectivity index (χ2v) is 4.13. The van der Waals surface area contributed by atoms with E-state index in [1.807, 2.05) is 6.08 Å². The summed E-state index contributed by atoms with van der Waals surface area (Å²) in [5.74, 6) is -0.911. The summed E-state index contributed by atoms with van der Waals surface area (Å²) in [6.45, 7) is 1.91. The van der Waals surface area contributed by atoms with Crippen molar-refractivity contribution in [3.63, 3.8) is 0 Å². The molecule has 3 unspecified atom stereocenters. The highest BCUT2D eigenvalue weighted by Crippen LogP contribution is 2.42. The third-order valence-corrected chi connectivity index (χ3v) is 3.23. The minimum Gasteiger partial charge on any atom is -0.472 e. The summed E-state index contributed by atoms with van der Waals surface area (Å²) in [4.78, 5) is 11.7. The molecule has 0 aromatic heterocycles. The Kier molecular flexibility index (Phi) is 3.49. The highest BCUT2D eigenvalue weighted by atomic mass is 16.6. The van der Waals surface area contributed by atoms with E-state index in [9.17, 15) is 15.0 Å². The number of rotatable bonds is 3. The van der Waals surface area contributed by atoms with Crippen LogP contribution in [0, 0.1) is 11.8 Å². The minimum absolute atomic E-state index is 0.127. The quantitative estimate of drug-likeness (QED) is 0.549. The molecule has 0 saturated heterocycles. The van der Waals surface area contributed by atoms with Crippen LogP contribution in [0.5, 0.6) is 0 Å². The van der Waals surface area contributed by atoms with Crippen LogP contribution in [0.1, 0.15) is 13.3 Å². The predicted molar refractivity (Wildman–Crippen MR) is 58.6 cm³/mol. The number of carbonyl (C=O) groups is 1. The zero-order chi connectivity index (χ0) is 12.4. The van der Waals surface area contributed by atoms with Crippen LogP contribution in [0.15, 0.2) is 23.5 Å². The highest BCUT2D eigenvalue weighted by Gasteiger charge is 2.43. The molecule has 17 heavy (non-hydrogen) atoms. The Balaban J connectivity index is 2.20. The van der Waals surface area contributed by atoms with Gasteiger partial charge in [-0.2, -0.15) is 0 Å². The molecule has 1 aliphatic heterocycles. The van der Waals surface area contributed by atoms with E-state index in [0.29, 0.717) is 18.6 Å². The zero-order valence-electron chi connectivity index (χ0n) is 9.63. The molecule has 0 spiro atoms. The van der Waals surface area contributed by atoms with E-state index < -0.39 is 12.3 Å². The van der Waals surface area contributed by atoms with Crippen LogP contribution in [0.4, 0.5) is 0 Å². The van der Waals surface area contributed by atoms with Crippen molar-refractivity contribution >= 4 is 5.97 Å². The predicted octanol–water partition coefficient (Wildman–Crippen LogP) is 0.337. The largest absolute Gasteiger partial charge is 0.472 e. The molecular weight excluding hydrogens is 224 g/mol. The maximum Gasteiger partial charge on any atom is 0.337 e. The van der Waals surface area contributed by atoms with Gasteiger partial charge in [0.15, 0.2) is 0 Å². The lowest BCUT2D eigenvalue weighted by atomic mass is 9.83. The topological polar surface area (TPSA) is 76.0 Å². The number of aliphatic hydroxyl groups is 2. The Morgan fingerprint density at radius 2 is 2.41 bits per heavy atom. The third kappa shape index (κ3) is 2.08. The molecule has 2 rings (SSSR count). The van der Waals surface area contributed by atoms with Gasteiger partial charge in [-0.05, 0) is 18.9 Å². The van der Waals surface area contributed by atoms with E-state index in [1.165, 1.54) is 6.26 Å². The van der Waals surface area contributed by atoms with Crippen molar-refractivity contribution in [2.75, 3.05) is 13.2 Å². The molecule has 94 valence electrons. The van der Waals surface area contributed by atoms with Crippen LogP contribution in [-0.2, 0) is 14.3 Å². The number of hydrogen-bond acceptors (Lipinski definition) is 5. The molecule has 0 aromatic carbocycles. The van der Waals surface area contributed by atoms with Gasteiger partial charge in [-0.3, -0.25) is 0 Å². The van der Waals surface area contributed by atoms with Gasteiger partial charge in [0.25, 0.3) is 0 Å². The van der Waals surface area contributed by atoms with E-state index in [-0.39, 0.29) is 18.4 Å². The number of ether oxygens (including phenoxy) is 2. The standard InChI is InChI=1S/C12H16O5/c1-2-16-11(14)9-6-17-12(15)10-7(5-13)3-4-8(9)10/h3,6,8,10,12-13,15H,2,4-5H2,1H3. The molecule has 0 fully saturated rings. The Labute approximate surface area is 99.3 Å². The number of esters is 1. The monoisotopic (exact) mass is 240 g/mol. The molecule has 1 heterocycles. The fourth-order valence-corrected chi connectivity index (χ4v) is 2.42. The molecule has 0 saturated carbocycles. The SMILES string of the molecule is CCOC(=O)C1=COC(O)C2C(CO)=CCC12. The fourth-order valence-electron chi connectivity index (χ4n) is 2.42. The van der Waals surface area contributed by atoms with E-state index in [2.05, 4.69) is 0 Å². The van der Waals surface area contributed by atoms with Crippen molar-refractivity contribution in [1.82, 2.24) is 0 Å². The molecule has 0 bridgehead atoms. The Morgan fingerprint density at radius 3 is 3.06 bits per heavy atom. The highest BCUT2D eigenvalue weighted by molar-refractivity contribution is 5.89. The van der Waals surface area contributed by atoms with Gasteiger partial charge in [-0.15, -0.1) is 0 Å². The number of hydrogen-bond donors (Lipinski definition) is 2. The van der Waals surface area contributed by atoms with Crippen LogP contribution >= 0.6 is 0 Å². The van der Waals surface area contributed by atoms with E-state index in [0.717, 1.165) is 5.57 Å². The molecule has 0 amide bonds. The number of fused-ring (bicyclic) bond motifs is 1. The van der Waals surface area contributed by atoms with Gasteiger partial charge in [-0.25, -0.2) is 4.79 Å². The van der Waals surface area contributed by atoms with Gasteiger partial charge >= 0.3 is 5.97 Å². The number of allylic oxidation sites excluding steroid dienone is 1. The molecule has 5 nitrogen and oxygen atoms in total. The van der Waals surface area contributed by atoms with Gasteiger partial charge in [-0.1, -0.05) is 6.08 Å². The smallest absolute Gasteiger partial charge is 0.337 e. The van der Waals surface area contributed by atoms with Gasteiger partial charge in [0.05, 0.1) is 31.0 Å². The van der Waals surface area contributed by atoms with Gasteiger partial charge < -0.3 is 19.7 Å². The van der Waals surface area contributed by atoms with E-state index in [4.69, 9.17) is 9.47 Å². The normalized spacial score (nSPS) is 31.1. The van der Waals surface area contributed by atoms with Crippen molar-refractivity contribution < 1.29 is 24.5 Å². The van der Waals surface area contributed by atoms with Crippen LogP contribution < -0.4 is 0 Å². The van der Waals surface area contributed by atoms with Crippen LogP contribution in [0.2, 0.25) is 0 Å². The zero-order valence-corrected chi connectivity index (χ0v) is 9.63. The van der Waals surface area contributed by atoms with Crippen LogP contribution in [-0.4, -0.2) is 35.7 Å². The summed E-state index contributed by atoms with van der Waals surface area (Å²) in [5.41, 5.74) is 1.15. The lowest BCUT2D eigenvalue weighted by Crippen LogP contribution is -2.35. The molecule has 1 aliphatic carbocycles. The van der Waals surface area contributed by atoms with Crippen molar-refractivity contribution in [1.29, 1.82) is 0 Å². The summed E-state index contributed by atoms with van der Waals surface area (Å²) in [6, 6.07) is 0. The first-order valence-corrected chi connectivity index (χ1v) is 5.69. The second kappa shape index (κ2) is 4.89. The first-order chi connectivity index (χ1) is 8.19. The van der Waals surface area contributed by atoms with Crippen molar-refractivity contribution in [2.45, 2.75) is 19.6 Å². The molecule has 2 aliphatic rings. The Hall–Kier alpha value is -1.33. The van der Waals surface area contributed by atoms with E-state index >= 15 is 0 Å². The Morgan fingerprint density at radius 1 is 1.65 bits per heavy atom. The molecular formula is C12H16O5. The first-order valence-electron chi connectivity index (χ1n) is 5.69. The fraction of sp³-hybridized carbons (Fsp3) is 0.583. The van der Waals surface area contributed by atoms with Crippen LogP contribution in [0.3, 0.4) is 0 Å². The minimum atomic E-state index is -1.00. The van der Waals surface area contributed by atoms with Gasteiger partial charge in [0.2, 0.25) is 6.29 Å². The number of aliphatic hydroxyl groups excluding tert-OH is 2. The van der Waals surface area contributed by atoms with Gasteiger partial charge in [0.1, 0.15) is 0 Å². The summed E-state index contributed by atoms with van der Waals surface area (Å²) in [6.07, 6.45) is 2.74. The summed E-state index contributed by atoms with van der Waals surface area (Å²) in [5, 5.41) is 18.9. The molecule has 5 heteroatoms.